The SMILES string of the molecule is c1ccc(-c2nc(-n3c4ccccc4c4cc5c(cc43)c3ccccc3n5-c3ccccc3)nc3c2oc2ccccc23)cc1. The molecule has 10 rings (SSSR count). The van der Waals surface area contributed by atoms with E-state index in [9.17, 15) is 0 Å². The van der Waals surface area contributed by atoms with Crippen LogP contribution >= 0.6 is 0 Å². The molecule has 210 valence electrons. The number of aromatic nitrogens is 4. The molecule has 45 heavy (non-hydrogen) atoms. The summed E-state index contributed by atoms with van der Waals surface area (Å²) < 4.78 is 11.0. The molecule has 0 N–H and O–H groups in total. The van der Waals surface area contributed by atoms with Crippen LogP contribution in [0.5, 0.6) is 0 Å². The lowest BCUT2D eigenvalue weighted by molar-refractivity contribution is 0.666. The zero-order valence-electron chi connectivity index (χ0n) is 24.1. The number of rotatable bonds is 3. The highest BCUT2D eigenvalue weighted by atomic mass is 16.3. The summed E-state index contributed by atoms with van der Waals surface area (Å²) in [7, 11) is 0. The maximum atomic E-state index is 6.40. The Hall–Kier alpha value is -6.20. The van der Waals surface area contributed by atoms with Gasteiger partial charge in [-0.05, 0) is 48.5 Å². The van der Waals surface area contributed by atoms with Crippen molar-refractivity contribution in [3.8, 4) is 22.9 Å². The van der Waals surface area contributed by atoms with Crippen LogP contribution in [0.4, 0.5) is 0 Å². The summed E-state index contributed by atoms with van der Waals surface area (Å²) in [4.78, 5) is 10.5. The average Bonchev–Trinajstić information content (AvgIpc) is 3.75. The van der Waals surface area contributed by atoms with Gasteiger partial charge in [-0.1, -0.05) is 97.1 Å². The molecule has 6 aromatic carbocycles. The van der Waals surface area contributed by atoms with Gasteiger partial charge in [0.05, 0.1) is 22.1 Å². The monoisotopic (exact) mass is 576 g/mol. The third kappa shape index (κ3) is 3.43. The zero-order chi connectivity index (χ0) is 29.5. The number of furan rings is 1. The highest BCUT2D eigenvalue weighted by Crippen LogP contribution is 2.40. The minimum Gasteiger partial charge on any atom is -0.452 e. The van der Waals surface area contributed by atoms with Crippen molar-refractivity contribution in [3.63, 3.8) is 0 Å². The minimum absolute atomic E-state index is 0.616. The number of nitrogens with zero attached hydrogens (tertiary/aromatic N) is 4. The third-order valence-corrected chi connectivity index (χ3v) is 8.94. The Kier molecular flexibility index (Phi) is 4.93. The zero-order valence-corrected chi connectivity index (χ0v) is 24.1. The van der Waals surface area contributed by atoms with Crippen LogP contribution in [0.2, 0.25) is 0 Å². The molecule has 0 bridgehead atoms. The fourth-order valence-corrected chi connectivity index (χ4v) is 6.97. The lowest BCUT2D eigenvalue weighted by Gasteiger charge is -2.10. The molecule has 0 aliphatic carbocycles. The van der Waals surface area contributed by atoms with E-state index < -0.39 is 0 Å². The summed E-state index contributed by atoms with van der Waals surface area (Å²) in [5.41, 5.74) is 9.67. The number of benzene rings is 6. The molecule has 0 amide bonds. The van der Waals surface area contributed by atoms with E-state index in [-0.39, 0.29) is 0 Å². The van der Waals surface area contributed by atoms with Gasteiger partial charge in [0, 0.05) is 38.2 Å². The van der Waals surface area contributed by atoms with E-state index in [0.29, 0.717) is 11.5 Å². The number of fused-ring (bicyclic) bond motifs is 9. The van der Waals surface area contributed by atoms with Gasteiger partial charge in [-0.25, -0.2) is 9.97 Å². The molecule has 4 aromatic heterocycles. The van der Waals surface area contributed by atoms with Crippen LogP contribution in [0, 0.1) is 0 Å². The molecule has 0 aliphatic rings. The van der Waals surface area contributed by atoms with Crippen molar-refractivity contribution in [3.05, 3.63) is 146 Å². The fraction of sp³-hybridized carbons (Fsp3) is 0. The first-order chi connectivity index (χ1) is 22.3. The van der Waals surface area contributed by atoms with E-state index in [2.05, 4.69) is 118 Å². The van der Waals surface area contributed by atoms with Gasteiger partial charge in [0.2, 0.25) is 5.95 Å². The molecule has 0 spiro atoms. The second kappa shape index (κ2) is 9.15. The molecule has 4 heterocycles. The average molecular weight is 577 g/mol. The molecular formula is C40H24N4O. The van der Waals surface area contributed by atoms with Crippen molar-refractivity contribution in [2.75, 3.05) is 0 Å². The highest BCUT2D eigenvalue weighted by Gasteiger charge is 2.22. The predicted octanol–water partition coefficient (Wildman–Crippen LogP) is 10.2. The van der Waals surface area contributed by atoms with Gasteiger partial charge in [-0.15, -0.1) is 0 Å². The van der Waals surface area contributed by atoms with Crippen molar-refractivity contribution < 1.29 is 4.42 Å². The lowest BCUT2D eigenvalue weighted by atomic mass is 10.1. The van der Waals surface area contributed by atoms with E-state index in [1.54, 1.807) is 0 Å². The van der Waals surface area contributed by atoms with Crippen LogP contribution in [0.3, 0.4) is 0 Å². The molecule has 5 nitrogen and oxygen atoms in total. The van der Waals surface area contributed by atoms with Crippen LogP contribution in [0.15, 0.2) is 150 Å². The summed E-state index contributed by atoms with van der Waals surface area (Å²) in [5, 5.41) is 5.67. The lowest BCUT2D eigenvalue weighted by Crippen LogP contribution is -2.02. The summed E-state index contributed by atoms with van der Waals surface area (Å²) in [6.07, 6.45) is 0. The van der Waals surface area contributed by atoms with Gasteiger partial charge >= 0.3 is 0 Å². The number of hydrogen-bond acceptors (Lipinski definition) is 3. The summed E-state index contributed by atoms with van der Waals surface area (Å²) in [6.45, 7) is 0. The summed E-state index contributed by atoms with van der Waals surface area (Å²) in [6, 6.07) is 50.7. The van der Waals surface area contributed by atoms with Crippen molar-refractivity contribution in [2.24, 2.45) is 0 Å². The standard InChI is InChI=1S/C40H24N4O/c1-3-13-25(14-4-1)37-39-38(29-19-9-12-22-36(29)45-39)42-40(41-37)44-33-21-11-8-18-28(33)31-23-34-30(24-35(31)44)27-17-7-10-20-32(27)43(34)26-15-5-2-6-16-26/h1-24H. The van der Waals surface area contributed by atoms with E-state index in [4.69, 9.17) is 14.4 Å². The summed E-state index contributed by atoms with van der Waals surface area (Å²) >= 11 is 0. The second-order valence-corrected chi connectivity index (χ2v) is 11.4. The maximum Gasteiger partial charge on any atom is 0.236 e. The van der Waals surface area contributed by atoms with Crippen LogP contribution in [0.25, 0.3) is 88.6 Å². The molecule has 0 saturated carbocycles. The van der Waals surface area contributed by atoms with Crippen molar-refractivity contribution in [2.45, 2.75) is 0 Å². The summed E-state index contributed by atoms with van der Waals surface area (Å²) in [5.74, 6) is 0.616. The first-order valence-corrected chi connectivity index (χ1v) is 15.1. The normalized spacial score (nSPS) is 12.0. The van der Waals surface area contributed by atoms with E-state index in [1.807, 2.05) is 36.4 Å². The molecule has 0 unspecified atom stereocenters. The van der Waals surface area contributed by atoms with Crippen LogP contribution in [-0.2, 0) is 0 Å². The molecule has 10 aromatic rings. The van der Waals surface area contributed by atoms with E-state index >= 15 is 0 Å². The quantitative estimate of drug-likeness (QED) is 0.210. The van der Waals surface area contributed by atoms with E-state index in [0.717, 1.165) is 55.2 Å². The van der Waals surface area contributed by atoms with Gasteiger partial charge in [0.15, 0.2) is 5.58 Å². The molecule has 0 aliphatic heterocycles. The number of para-hydroxylation sites is 4. The van der Waals surface area contributed by atoms with Crippen molar-refractivity contribution >= 4 is 65.7 Å². The Labute approximate surface area is 257 Å². The van der Waals surface area contributed by atoms with Gasteiger partial charge < -0.3 is 8.98 Å². The Morgan fingerprint density at radius 3 is 1.71 bits per heavy atom. The first-order valence-electron chi connectivity index (χ1n) is 15.1. The third-order valence-electron chi connectivity index (χ3n) is 8.94. The molecule has 0 atom stereocenters. The second-order valence-electron chi connectivity index (χ2n) is 11.4. The first kappa shape index (κ1) is 24.3. The van der Waals surface area contributed by atoms with E-state index in [1.165, 1.54) is 21.8 Å². The predicted molar refractivity (Wildman–Crippen MR) is 183 cm³/mol. The van der Waals surface area contributed by atoms with Gasteiger partial charge in [0.1, 0.15) is 16.8 Å². The van der Waals surface area contributed by atoms with Gasteiger partial charge in [0.25, 0.3) is 0 Å². The molecular weight excluding hydrogens is 552 g/mol. The topological polar surface area (TPSA) is 48.8 Å². The number of hydrogen-bond donors (Lipinski definition) is 0. The molecule has 0 radical (unpaired) electrons. The van der Waals surface area contributed by atoms with Crippen LogP contribution < -0.4 is 0 Å². The Morgan fingerprint density at radius 2 is 1.00 bits per heavy atom. The largest absolute Gasteiger partial charge is 0.452 e. The molecule has 5 heteroatoms. The Morgan fingerprint density at radius 1 is 0.444 bits per heavy atom. The Balaban J connectivity index is 1.36. The minimum atomic E-state index is 0.616. The van der Waals surface area contributed by atoms with Crippen molar-refractivity contribution in [1.29, 1.82) is 0 Å². The van der Waals surface area contributed by atoms with Gasteiger partial charge in [-0.3, -0.25) is 4.57 Å². The van der Waals surface area contributed by atoms with Gasteiger partial charge in [-0.2, -0.15) is 0 Å². The molecule has 0 saturated heterocycles. The van der Waals surface area contributed by atoms with Crippen LogP contribution in [0.1, 0.15) is 0 Å². The fourth-order valence-electron chi connectivity index (χ4n) is 6.97. The Bertz CT molecular complexity index is 2750. The molecule has 0 fully saturated rings. The maximum absolute atomic E-state index is 6.40. The van der Waals surface area contributed by atoms with Crippen LogP contribution in [-0.4, -0.2) is 19.1 Å². The smallest absolute Gasteiger partial charge is 0.236 e. The van der Waals surface area contributed by atoms with Crippen molar-refractivity contribution in [1.82, 2.24) is 19.1 Å². The highest BCUT2D eigenvalue weighted by molar-refractivity contribution is 6.19.